The Hall–Kier alpha value is -2.11. The maximum atomic E-state index is 11.7. The average molecular weight is 387 g/mol. The van der Waals surface area contributed by atoms with E-state index in [2.05, 4.69) is 5.32 Å². The Bertz CT molecular complexity index is 792. The second-order valence-corrected chi connectivity index (χ2v) is 7.68. The van der Waals surface area contributed by atoms with Crippen molar-refractivity contribution in [2.24, 2.45) is 0 Å². The first kappa shape index (κ1) is 19.6. The van der Waals surface area contributed by atoms with Gasteiger partial charge in [-0.3, -0.25) is 4.57 Å². The molecule has 0 aromatic heterocycles. The topological polar surface area (TPSA) is 95.9 Å². The first-order chi connectivity index (χ1) is 13.0. The second-order valence-electron chi connectivity index (χ2n) is 6.73. The summed E-state index contributed by atoms with van der Waals surface area (Å²) < 4.78 is 17.5. The molecule has 2 aromatic carbocycles. The number of ether oxygens (including phenoxy) is 1. The number of aliphatic hydroxyl groups is 1. The van der Waals surface area contributed by atoms with Crippen LogP contribution in [0.3, 0.4) is 0 Å². The Morgan fingerprint density at radius 3 is 2.52 bits per heavy atom. The Morgan fingerprint density at radius 1 is 1.19 bits per heavy atom. The van der Waals surface area contributed by atoms with Gasteiger partial charge in [0, 0.05) is 19.0 Å². The molecular weight excluding hydrogens is 365 g/mol. The lowest BCUT2D eigenvalue weighted by Gasteiger charge is -2.37. The minimum absolute atomic E-state index is 0.0777. The van der Waals surface area contributed by atoms with Gasteiger partial charge in [0.25, 0.3) is 0 Å². The van der Waals surface area contributed by atoms with Crippen molar-refractivity contribution in [2.75, 3.05) is 13.2 Å². The molecule has 1 aliphatic rings. The molecule has 27 heavy (non-hydrogen) atoms. The second kappa shape index (κ2) is 8.72. The minimum Gasteiger partial charge on any atom is -0.478 e. The number of carboxylic acids is 1. The van der Waals surface area contributed by atoms with E-state index in [1.807, 2.05) is 36.4 Å². The SMILES string of the molecule is O=PC(O)(Cc1ccccc1)[C@@H]1CN[C@H](Cc2ccccc2C(=O)O)CO1. The van der Waals surface area contributed by atoms with Crippen LogP contribution in [0.2, 0.25) is 0 Å². The summed E-state index contributed by atoms with van der Waals surface area (Å²) in [6, 6.07) is 16.2. The number of aromatic carboxylic acids is 1. The lowest BCUT2D eigenvalue weighted by atomic mass is 9.98. The molecule has 3 atom stereocenters. The highest BCUT2D eigenvalue weighted by atomic mass is 31.1. The van der Waals surface area contributed by atoms with E-state index < -0.39 is 17.4 Å². The molecule has 0 saturated carbocycles. The van der Waals surface area contributed by atoms with Crippen molar-refractivity contribution in [3.05, 3.63) is 71.3 Å². The van der Waals surface area contributed by atoms with Crippen LogP contribution in [-0.2, 0) is 22.1 Å². The summed E-state index contributed by atoms with van der Waals surface area (Å²) in [4.78, 5) is 11.3. The van der Waals surface area contributed by atoms with E-state index in [0.717, 1.165) is 11.1 Å². The molecule has 1 unspecified atom stereocenters. The summed E-state index contributed by atoms with van der Waals surface area (Å²) in [7, 11) is -0.385. The van der Waals surface area contributed by atoms with Crippen LogP contribution >= 0.6 is 8.46 Å². The summed E-state index contributed by atoms with van der Waals surface area (Å²) in [6.07, 6.45) is 0.0990. The van der Waals surface area contributed by atoms with Crippen molar-refractivity contribution in [2.45, 2.75) is 30.3 Å². The third kappa shape index (κ3) is 4.79. The van der Waals surface area contributed by atoms with Gasteiger partial charge in [0.15, 0.2) is 13.8 Å². The lowest BCUT2D eigenvalue weighted by Crippen LogP contribution is -2.55. The number of morpholine rings is 1. The largest absolute Gasteiger partial charge is 0.478 e. The van der Waals surface area contributed by atoms with Gasteiger partial charge in [-0.05, 0) is 23.6 Å². The van der Waals surface area contributed by atoms with Crippen LogP contribution in [0.25, 0.3) is 0 Å². The summed E-state index contributed by atoms with van der Waals surface area (Å²) in [5.41, 5.74) is 1.88. The van der Waals surface area contributed by atoms with Crippen LogP contribution in [0, 0.1) is 0 Å². The number of carboxylic acid groups (broad SMARTS) is 1. The average Bonchev–Trinajstić information content (AvgIpc) is 2.69. The fraction of sp³-hybridized carbons (Fsp3) is 0.350. The minimum atomic E-state index is -1.52. The molecule has 1 heterocycles. The maximum absolute atomic E-state index is 11.7. The monoisotopic (exact) mass is 387 g/mol. The van der Waals surface area contributed by atoms with Crippen molar-refractivity contribution in [3.63, 3.8) is 0 Å². The zero-order valence-electron chi connectivity index (χ0n) is 14.7. The van der Waals surface area contributed by atoms with E-state index in [9.17, 15) is 19.6 Å². The fourth-order valence-electron chi connectivity index (χ4n) is 3.33. The number of hydrogen-bond acceptors (Lipinski definition) is 5. The summed E-state index contributed by atoms with van der Waals surface area (Å²) in [5, 5.41) is 21.9. The third-order valence-corrected chi connectivity index (χ3v) is 5.55. The van der Waals surface area contributed by atoms with Crippen molar-refractivity contribution >= 4 is 14.4 Å². The molecule has 142 valence electrons. The summed E-state index contributed by atoms with van der Waals surface area (Å²) >= 11 is 0. The predicted molar refractivity (Wildman–Crippen MR) is 101 cm³/mol. The highest BCUT2D eigenvalue weighted by Gasteiger charge is 2.41. The Kier molecular flexibility index (Phi) is 6.34. The van der Waals surface area contributed by atoms with Gasteiger partial charge in [-0.25, -0.2) is 4.79 Å². The van der Waals surface area contributed by atoms with Gasteiger partial charge >= 0.3 is 5.97 Å². The van der Waals surface area contributed by atoms with Gasteiger partial charge in [-0.15, -0.1) is 0 Å². The molecule has 3 rings (SSSR count). The van der Waals surface area contributed by atoms with E-state index in [-0.39, 0.29) is 26.5 Å². The van der Waals surface area contributed by atoms with Crippen molar-refractivity contribution in [1.82, 2.24) is 5.32 Å². The molecule has 0 bridgehead atoms. The highest BCUT2D eigenvalue weighted by Crippen LogP contribution is 2.32. The summed E-state index contributed by atoms with van der Waals surface area (Å²) in [5.74, 6) is -0.956. The molecule has 0 amide bonds. The van der Waals surface area contributed by atoms with Crippen LogP contribution in [0.4, 0.5) is 0 Å². The number of nitrogens with one attached hydrogen (secondary N) is 1. The molecule has 1 aliphatic heterocycles. The van der Waals surface area contributed by atoms with Gasteiger partial charge in [0.1, 0.15) is 6.10 Å². The molecule has 1 saturated heterocycles. The third-order valence-electron chi connectivity index (χ3n) is 4.79. The highest BCUT2D eigenvalue weighted by molar-refractivity contribution is 7.25. The number of hydrogen-bond donors (Lipinski definition) is 3. The molecule has 0 spiro atoms. The van der Waals surface area contributed by atoms with E-state index in [0.29, 0.717) is 19.6 Å². The maximum Gasteiger partial charge on any atom is 0.335 e. The van der Waals surface area contributed by atoms with Crippen molar-refractivity contribution in [3.8, 4) is 0 Å². The molecule has 0 radical (unpaired) electrons. The number of benzene rings is 2. The zero-order valence-corrected chi connectivity index (χ0v) is 15.6. The quantitative estimate of drug-likeness (QED) is 0.632. The molecule has 7 heteroatoms. The van der Waals surface area contributed by atoms with Crippen LogP contribution in [0.15, 0.2) is 54.6 Å². The molecule has 3 N–H and O–H groups in total. The van der Waals surface area contributed by atoms with Crippen LogP contribution in [0.1, 0.15) is 21.5 Å². The van der Waals surface area contributed by atoms with Gasteiger partial charge in [0.2, 0.25) is 0 Å². The van der Waals surface area contributed by atoms with Crippen LogP contribution < -0.4 is 5.32 Å². The van der Waals surface area contributed by atoms with Crippen molar-refractivity contribution < 1.29 is 24.3 Å². The van der Waals surface area contributed by atoms with Crippen LogP contribution in [0.5, 0.6) is 0 Å². The Labute approximate surface area is 159 Å². The van der Waals surface area contributed by atoms with Gasteiger partial charge < -0.3 is 20.3 Å². The van der Waals surface area contributed by atoms with E-state index in [4.69, 9.17) is 4.74 Å². The molecule has 0 aliphatic carbocycles. The predicted octanol–water partition coefficient (Wildman–Crippen LogP) is 2.51. The van der Waals surface area contributed by atoms with E-state index in [1.165, 1.54) is 0 Å². The Morgan fingerprint density at radius 2 is 1.89 bits per heavy atom. The lowest BCUT2D eigenvalue weighted by molar-refractivity contribution is -0.0845. The fourth-order valence-corrected chi connectivity index (χ4v) is 3.86. The van der Waals surface area contributed by atoms with Gasteiger partial charge in [0.05, 0.1) is 12.2 Å². The molecule has 1 fully saturated rings. The van der Waals surface area contributed by atoms with E-state index in [1.54, 1.807) is 18.2 Å². The smallest absolute Gasteiger partial charge is 0.335 e. The molecule has 6 nitrogen and oxygen atoms in total. The van der Waals surface area contributed by atoms with Gasteiger partial charge in [-0.2, -0.15) is 0 Å². The first-order valence-corrected chi connectivity index (χ1v) is 9.60. The standard InChI is InChI=1S/C20H22NO5P/c22-19(23)17-9-5-4-8-15(17)10-16-13-26-18(12-21-16)20(24,27-25)11-14-6-2-1-3-7-14/h1-9,16,18,21,24H,10-13H2,(H,22,23)/t16-,18+,20?/m1/s1. The summed E-state index contributed by atoms with van der Waals surface area (Å²) in [6.45, 7) is 0.629. The number of rotatable bonds is 7. The molecule has 2 aromatic rings. The zero-order chi connectivity index (χ0) is 19.3. The first-order valence-electron chi connectivity index (χ1n) is 8.79. The van der Waals surface area contributed by atoms with E-state index >= 15 is 0 Å². The molecular formula is C20H22NO5P. The normalized spacial score (nSPS) is 22.3. The van der Waals surface area contributed by atoms with Crippen molar-refractivity contribution in [1.29, 1.82) is 0 Å². The number of carbonyl (C=O) groups is 1. The van der Waals surface area contributed by atoms with Gasteiger partial charge in [-0.1, -0.05) is 48.5 Å². The van der Waals surface area contributed by atoms with Crippen LogP contribution in [-0.4, -0.2) is 46.8 Å². The Balaban J connectivity index is 1.62.